The van der Waals surface area contributed by atoms with Crippen LogP contribution >= 0.6 is 0 Å². The molecule has 0 aromatic heterocycles. The highest BCUT2D eigenvalue weighted by atomic mass is 27.0. The van der Waals surface area contributed by atoms with Gasteiger partial charge < -0.3 is 0 Å². The van der Waals surface area contributed by atoms with Crippen molar-refractivity contribution in [1.29, 1.82) is 0 Å². The lowest BCUT2D eigenvalue weighted by Crippen LogP contribution is -0.382. The molecule has 0 atom stereocenters. The topological polar surface area (TPSA) is 0 Å². The predicted octanol–water partition coefficient (Wildman–Crippen LogP) is -34.3. The molecule has 0 aliphatic rings. The van der Waals surface area contributed by atoms with Crippen LogP contribution in [0.25, 0.3) is 0 Å². The van der Waals surface area contributed by atoms with E-state index in [2.05, 4.69) is 0 Å². The molecule has 0 aromatic rings. The summed E-state index contributed by atoms with van der Waals surface area (Å²) >= 11 is 0. The summed E-state index contributed by atoms with van der Waals surface area (Å²) in [5, 5.41) is 0. The second-order valence-electron chi connectivity index (χ2n) is 0. The molecule has 0 rings (SSSR count). The zero-order valence-corrected chi connectivity index (χ0v) is 52.0. The van der Waals surface area contributed by atoms with Gasteiger partial charge in [-0.05, 0) is 0 Å². The van der Waals surface area contributed by atoms with Crippen LogP contribution in [0.2, 0.25) is 0 Å². The van der Waals surface area contributed by atoms with E-state index in [1.165, 1.54) is 0 Å². The monoisotopic (exact) mass is 1460 g/mol. The first-order valence-electron chi connectivity index (χ1n) is 0. The SMILES string of the molecule is [Al].[Al].[Al].[Al].[Al].[Al].[Al].[Al].[Al].[Al].[Al].[Al].[Al].[Al].[Al].[Al].[Al].[Al].[Al].[Al].[Al].[Al].[Al].[Al].[Al].[Al].[Al].[Al].[Al].[Al].[MgH2].[MgH2].[MgH2].[MgH2].[MgH2].[MgH2].[MgH2].[MgH2].[MgH2].[MgH2].[MgH2].[MgH2].[MgH2].[MgH2].[MgH2].[MgH2].[MgH2].[MgH2].[MgH2].[MgH2].[MgH2].[MgH2].[MgH2].[MgH2].[MgH2]. The van der Waals surface area contributed by atoms with E-state index in [0.717, 1.165) is 0 Å². The highest BCUT2D eigenvalue weighted by molar-refractivity contribution is 5.81. The van der Waals surface area contributed by atoms with Crippen LogP contribution in [0.15, 0.2) is 0 Å². The van der Waals surface area contributed by atoms with Crippen molar-refractivity contribution in [2.45, 2.75) is 0 Å². The molecule has 0 nitrogen and oxygen atoms in total. The Kier molecular flexibility index (Phi) is 5920. The molecule has 0 N–H and O–H groups in total. The van der Waals surface area contributed by atoms with E-state index < -0.39 is 0 Å². The fraction of sp³-hybridized carbons (Fsp3) is 0. The van der Waals surface area contributed by atoms with Gasteiger partial charge in [0.15, 0.2) is 0 Å². The fourth-order valence-corrected chi connectivity index (χ4v) is 0. The first kappa shape index (κ1) is 580. The summed E-state index contributed by atoms with van der Waals surface area (Å²) in [6, 6.07) is 0. The summed E-state index contributed by atoms with van der Waals surface area (Å²) in [6.45, 7) is 0. The van der Waals surface area contributed by atoms with Gasteiger partial charge in [0.25, 0.3) is 0 Å². The van der Waals surface area contributed by atoms with Crippen molar-refractivity contribution in [3.63, 3.8) is 0 Å². The Hall–Kier alpha value is 35.1. The quantitative estimate of drug-likeness (QED) is 0.212. The molecule has 0 aliphatic carbocycles. The summed E-state index contributed by atoms with van der Waals surface area (Å²) in [6.07, 6.45) is 0. The average Bonchev–Trinajstić information content (AvgIpc) is 0. The predicted molar refractivity (Wildman–Crippen MR) is 386 cm³/mol. The van der Waals surface area contributed by atoms with Gasteiger partial charge in [0.1, 0.15) is 0 Å². The van der Waals surface area contributed by atoms with Crippen molar-refractivity contribution >= 4 is 1100 Å². The Morgan fingerprint density at radius 1 is 0.0364 bits per heavy atom. The van der Waals surface area contributed by atoms with Crippen molar-refractivity contribution in [1.82, 2.24) is 0 Å². The second kappa shape index (κ2) is 561. The van der Waals surface area contributed by atoms with Crippen molar-refractivity contribution in [2.24, 2.45) is 0 Å². The summed E-state index contributed by atoms with van der Waals surface area (Å²) in [5.41, 5.74) is 0. The molecule has 0 spiro atoms. The standard InChI is InChI=1S/30Al.25Mg.50H. The van der Waals surface area contributed by atoms with Gasteiger partial charge in [-0.25, -0.2) is 0 Å². The maximum Gasteiger partial charge on any atom is 0.316 e. The van der Waals surface area contributed by atoms with Crippen LogP contribution in [-0.4, -0.2) is 1100 Å². The van der Waals surface area contributed by atoms with E-state index in [1.807, 2.05) is 0 Å². The van der Waals surface area contributed by atoms with Gasteiger partial charge in [-0.3, -0.25) is 0 Å². The molecule has 0 amide bonds. The van der Waals surface area contributed by atoms with E-state index in [1.54, 1.807) is 0 Å². The zero-order chi connectivity index (χ0) is 0. The van der Waals surface area contributed by atoms with Gasteiger partial charge in [0, 0.05) is 521 Å². The largest absolute Gasteiger partial charge is 0.316 e. The number of hydrogen-bond donors (Lipinski definition) is 0. The summed E-state index contributed by atoms with van der Waals surface area (Å²) < 4.78 is 0. The van der Waals surface area contributed by atoms with Gasteiger partial charge in [-0.15, -0.1) is 0 Å². The molecule has 0 fully saturated rings. The molecular weight excluding hydrogens is 1420 g/mol. The summed E-state index contributed by atoms with van der Waals surface area (Å²) in [7, 11) is 0. The van der Waals surface area contributed by atoms with E-state index in [-0.39, 0.29) is 1100 Å². The van der Waals surface area contributed by atoms with Gasteiger partial charge in [0.2, 0.25) is 0 Å². The Labute approximate surface area is 1060 Å². The van der Waals surface area contributed by atoms with Crippen molar-refractivity contribution in [2.75, 3.05) is 0 Å². The molecule has 90 radical (unpaired) electrons. The summed E-state index contributed by atoms with van der Waals surface area (Å²) in [4.78, 5) is 0. The molecule has 0 heterocycles. The Balaban J connectivity index is 0. The van der Waals surface area contributed by atoms with Crippen LogP contribution in [0, 0.1) is 0 Å². The van der Waals surface area contributed by atoms with Crippen LogP contribution in [0.5, 0.6) is 0 Å². The average molecular weight is 1470 g/mol. The molecule has 0 unspecified atom stereocenters. The minimum absolute atomic E-state index is 0. The zero-order valence-electron chi connectivity index (χ0n) is 17.3. The van der Waals surface area contributed by atoms with Crippen LogP contribution < -0.4 is 0 Å². The van der Waals surface area contributed by atoms with Gasteiger partial charge in [-0.2, -0.15) is 0 Å². The lowest BCUT2D eigenvalue weighted by Gasteiger charge is -0.00100. The summed E-state index contributed by atoms with van der Waals surface area (Å²) in [5.74, 6) is 0. The maximum atomic E-state index is 0. The van der Waals surface area contributed by atoms with Crippen molar-refractivity contribution < 1.29 is 0 Å². The van der Waals surface area contributed by atoms with Crippen LogP contribution in [0.4, 0.5) is 0 Å². The lowest BCUT2D eigenvalue weighted by molar-refractivity contribution is 5.75. The third-order valence-corrected chi connectivity index (χ3v) is 0. The molecule has 0 saturated carbocycles. The molecular formula is H50Al30Mg25. The molecule has 190 valence electrons. The van der Waals surface area contributed by atoms with E-state index in [4.69, 9.17) is 0 Å². The normalized spacial score (nSPS) is 0. The molecule has 55 heteroatoms. The minimum Gasteiger partial charge on any atom is 0 e. The molecule has 0 aromatic carbocycles. The Bertz CT molecular complexity index is 54.7. The molecule has 55 heavy (non-hydrogen) atoms. The molecule has 0 saturated heterocycles. The first-order valence-corrected chi connectivity index (χ1v) is 0. The lowest BCUT2D eigenvalue weighted by atomic mass is 24.3. The smallest absolute Gasteiger partial charge is 0 e. The maximum absolute atomic E-state index is 0. The van der Waals surface area contributed by atoms with Crippen LogP contribution in [0.1, 0.15) is 0 Å². The molecule has 0 aliphatic heterocycles. The third kappa shape index (κ3) is 548. The van der Waals surface area contributed by atoms with E-state index in [9.17, 15) is 0 Å². The Morgan fingerprint density at radius 2 is 0.0364 bits per heavy atom. The fourth-order valence-electron chi connectivity index (χ4n) is 0. The van der Waals surface area contributed by atoms with Gasteiger partial charge in [-0.1, -0.05) is 0 Å². The first-order chi connectivity index (χ1) is 0. The van der Waals surface area contributed by atoms with Crippen LogP contribution in [-0.2, 0) is 0 Å². The third-order valence-electron chi connectivity index (χ3n) is 0. The number of rotatable bonds is 0. The van der Waals surface area contributed by atoms with Crippen molar-refractivity contribution in [3.8, 4) is 0 Å². The van der Waals surface area contributed by atoms with Gasteiger partial charge >= 0.3 is 576 Å². The Morgan fingerprint density at radius 3 is 0.0364 bits per heavy atom. The highest BCUT2D eigenvalue weighted by Gasteiger charge is 0.343. The second-order valence-corrected chi connectivity index (χ2v) is 0. The van der Waals surface area contributed by atoms with Crippen LogP contribution in [0.3, 0.4) is 0 Å². The molecule has 0 bridgehead atoms. The highest BCUT2D eigenvalue weighted by Crippen LogP contribution is -0.327. The van der Waals surface area contributed by atoms with Crippen molar-refractivity contribution in [3.05, 3.63) is 0 Å². The minimum atomic E-state index is 0. The van der Waals surface area contributed by atoms with Gasteiger partial charge in [0.05, 0.1) is 0 Å². The van der Waals surface area contributed by atoms with E-state index >= 15 is 0 Å². The number of hydrogen-bond acceptors (Lipinski definition) is 0. The van der Waals surface area contributed by atoms with E-state index in [0.29, 0.717) is 0 Å².